The Bertz CT molecular complexity index is 818. The van der Waals surface area contributed by atoms with Crippen LogP contribution in [0.1, 0.15) is 52.3 Å². The number of carbonyl (C=O) groups is 1. The molecule has 1 saturated heterocycles. The van der Waals surface area contributed by atoms with E-state index in [0.717, 1.165) is 30.7 Å². The lowest BCUT2D eigenvalue weighted by molar-refractivity contribution is 0.0529. The monoisotopic (exact) mass is 358 g/mol. The van der Waals surface area contributed by atoms with Crippen molar-refractivity contribution in [3.8, 4) is 6.07 Å². The fraction of sp³-hybridized carbons (Fsp3) is 0.444. The maximum absolute atomic E-state index is 12.3. The van der Waals surface area contributed by atoms with Gasteiger partial charge in [0, 0.05) is 31.0 Å². The molecule has 3 rings (SSSR count). The van der Waals surface area contributed by atoms with Gasteiger partial charge in [0.1, 0.15) is 15.9 Å². The summed E-state index contributed by atoms with van der Waals surface area (Å²) in [5.41, 5.74) is 8.33. The highest BCUT2D eigenvalue weighted by atomic mass is 32.1. The summed E-state index contributed by atoms with van der Waals surface area (Å²) < 4.78 is 7.28. The van der Waals surface area contributed by atoms with Crippen LogP contribution in [0.5, 0.6) is 0 Å². The van der Waals surface area contributed by atoms with Gasteiger partial charge in [-0.05, 0) is 38.4 Å². The Morgan fingerprint density at radius 3 is 3.00 bits per heavy atom. The molecule has 132 valence electrons. The molecule has 0 saturated carbocycles. The number of nitriles is 1. The van der Waals surface area contributed by atoms with Crippen LogP contribution in [0.3, 0.4) is 0 Å². The molecule has 0 aliphatic carbocycles. The molecular formula is C18H22N4O2S. The van der Waals surface area contributed by atoms with Gasteiger partial charge in [0.2, 0.25) is 0 Å². The SMILES string of the molecule is CCOC(=O)c1sc(N)c(C#N)c1CN1CCC[C@H]1c1cccn1C. The fourth-order valence-electron chi connectivity index (χ4n) is 3.49. The molecule has 2 aromatic rings. The van der Waals surface area contributed by atoms with Gasteiger partial charge in [-0.15, -0.1) is 11.3 Å². The quantitative estimate of drug-likeness (QED) is 0.831. The van der Waals surface area contributed by atoms with E-state index in [1.54, 1.807) is 6.92 Å². The molecule has 7 heteroatoms. The standard InChI is InChI=1S/C18H22N4O2S/c1-3-24-18(23)16-13(12(10-19)17(20)25-16)11-22-9-5-7-15(22)14-6-4-8-21(14)2/h4,6,8,15H,3,5,7,9,11,20H2,1-2H3/t15-/m0/s1. The summed E-state index contributed by atoms with van der Waals surface area (Å²) in [4.78, 5) is 15.1. The largest absolute Gasteiger partial charge is 0.462 e. The first-order valence-corrected chi connectivity index (χ1v) is 9.22. The average Bonchev–Trinajstić information content (AvgIpc) is 3.27. The third-order valence-corrected chi connectivity index (χ3v) is 5.70. The second kappa shape index (κ2) is 7.30. The molecule has 0 spiro atoms. The first kappa shape index (κ1) is 17.5. The van der Waals surface area contributed by atoms with Crippen LogP contribution >= 0.6 is 11.3 Å². The van der Waals surface area contributed by atoms with E-state index >= 15 is 0 Å². The zero-order valence-corrected chi connectivity index (χ0v) is 15.3. The minimum atomic E-state index is -0.398. The topological polar surface area (TPSA) is 84.3 Å². The van der Waals surface area contributed by atoms with Crippen molar-refractivity contribution in [3.63, 3.8) is 0 Å². The number of carbonyl (C=O) groups excluding carboxylic acids is 1. The Morgan fingerprint density at radius 1 is 1.56 bits per heavy atom. The van der Waals surface area contributed by atoms with Crippen molar-refractivity contribution in [1.29, 1.82) is 5.26 Å². The van der Waals surface area contributed by atoms with Gasteiger partial charge >= 0.3 is 5.97 Å². The van der Waals surface area contributed by atoms with E-state index in [9.17, 15) is 10.1 Å². The van der Waals surface area contributed by atoms with Crippen molar-refractivity contribution < 1.29 is 9.53 Å². The van der Waals surface area contributed by atoms with Crippen LogP contribution in [0.25, 0.3) is 0 Å². The van der Waals surface area contributed by atoms with Gasteiger partial charge in [0.05, 0.1) is 18.2 Å². The molecule has 1 aliphatic heterocycles. The Labute approximate surface area is 151 Å². The van der Waals surface area contributed by atoms with Gasteiger partial charge in [-0.2, -0.15) is 5.26 Å². The first-order chi connectivity index (χ1) is 12.1. The molecule has 25 heavy (non-hydrogen) atoms. The molecule has 0 bridgehead atoms. The smallest absolute Gasteiger partial charge is 0.348 e. The second-order valence-electron chi connectivity index (χ2n) is 6.15. The second-order valence-corrected chi connectivity index (χ2v) is 7.21. The van der Waals surface area contributed by atoms with Gasteiger partial charge < -0.3 is 15.0 Å². The van der Waals surface area contributed by atoms with E-state index in [-0.39, 0.29) is 6.04 Å². The molecule has 1 atom stereocenters. The highest BCUT2D eigenvalue weighted by Crippen LogP contribution is 2.37. The number of thiophene rings is 1. The predicted octanol–water partition coefficient (Wildman–Crippen LogP) is 3.05. The Morgan fingerprint density at radius 2 is 2.36 bits per heavy atom. The van der Waals surface area contributed by atoms with E-state index in [0.29, 0.717) is 34.2 Å². The number of nitrogens with zero attached hydrogens (tertiary/aromatic N) is 3. The number of likely N-dealkylation sites (tertiary alicyclic amines) is 1. The van der Waals surface area contributed by atoms with Crippen LogP contribution in [0.15, 0.2) is 18.3 Å². The molecule has 2 N–H and O–H groups in total. The van der Waals surface area contributed by atoms with Crippen molar-refractivity contribution in [2.45, 2.75) is 32.4 Å². The number of ether oxygens (including phenoxy) is 1. The van der Waals surface area contributed by atoms with Gasteiger partial charge in [-0.3, -0.25) is 4.90 Å². The Balaban J connectivity index is 1.93. The van der Waals surface area contributed by atoms with Crippen molar-refractivity contribution in [3.05, 3.63) is 40.0 Å². The van der Waals surface area contributed by atoms with Crippen molar-refractivity contribution in [2.75, 3.05) is 18.9 Å². The zero-order valence-electron chi connectivity index (χ0n) is 14.5. The maximum atomic E-state index is 12.3. The number of hydrogen-bond acceptors (Lipinski definition) is 6. The molecule has 3 heterocycles. The number of rotatable bonds is 5. The van der Waals surface area contributed by atoms with E-state index in [1.807, 2.05) is 19.3 Å². The molecule has 0 unspecified atom stereocenters. The lowest BCUT2D eigenvalue weighted by atomic mass is 10.1. The minimum absolute atomic E-state index is 0.280. The number of nitrogen functional groups attached to an aromatic ring is 1. The normalized spacial score (nSPS) is 17.6. The highest BCUT2D eigenvalue weighted by Gasteiger charge is 2.31. The lowest BCUT2D eigenvalue weighted by Gasteiger charge is -2.25. The molecule has 0 amide bonds. The van der Waals surface area contributed by atoms with Crippen LogP contribution in [0.4, 0.5) is 5.00 Å². The van der Waals surface area contributed by atoms with Crippen LogP contribution in [0, 0.1) is 11.3 Å². The number of nitrogens with two attached hydrogens (primary N) is 1. The molecule has 1 fully saturated rings. The number of hydrogen-bond donors (Lipinski definition) is 1. The lowest BCUT2D eigenvalue weighted by Crippen LogP contribution is -2.25. The first-order valence-electron chi connectivity index (χ1n) is 8.40. The number of esters is 1. The summed E-state index contributed by atoms with van der Waals surface area (Å²) in [7, 11) is 2.04. The van der Waals surface area contributed by atoms with Gasteiger partial charge in [-0.1, -0.05) is 0 Å². The third kappa shape index (κ3) is 3.28. The molecule has 0 radical (unpaired) electrons. The van der Waals surface area contributed by atoms with Crippen molar-refractivity contribution in [2.24, 2.45) is 7.05 Å². The summed E-state index contributed by atoms with van der Waals surface area (Å²) in [5.74, 6) is -0.398. The summed E-state index contributed by atoms with van der Waals surface area (Å²) in [6, 6.07) is 6.61. The van der Waals surface area contributed by atoms with Crippen molar-refractivity contribution in [1.82, 2.24) is 9.47 Å². The van der Waals surface area contributed by atoms with Crippen molar-refractivity contribution >= 4 is 22.3 Å². The van der Waals surface area contributed by atoms with Crippen LogP contribution in [-0.4, -0.2) is 28.6 Å². The summed E-state index contributed by atoms with van der Waals surface area (Å²) in [6.07, 6.45) is 4.19. The minimum Gasteiger partial charge on any atom is -0.462 e. The highest BCUT2D eigenvalue weighted by molar-refractivity contribution is 7.18. The van der Waals surface area contributed by atoms with Crippen LogP contribution in [-0.2, 0) is 18.3 Å². The number of anilines is 1. The summed E-state index contributed by atoms with van der Waals surface area (Å²) in [5, 5.41) is 9.88. The van der Waals surface area contributed by atoms with E-state index < -0.39 is 5.97 Å². The molecule has 6 nitrogen and oxygen atoms in total. The third-order valence-electron chi connectivity index (χ3n) is 4.66. The van der Waals surface area contributed by atoms with Gasteiger partial charge in [0.25, 0.3) is 0 Å². The summed E-state index contributed by atoms with van der Waals surface area (Å²) >= 11 is 1.15. The molecule has 2 aromatic heterocycles. The molecule has 0 aromatic carbocycles. The summed E-state index contributed by atoms with van der Waals surface area (Å²) in [6.45, 7) is 3.53. The maximum Gasteiger partial charge on any atom is 0.348 e. The van der Waals surface area contributed by atoms with E-state index in [4.69, 9.17) is 10.5 Å². The van der Waals surface area contributed by atoms with E-state index in [2.05, 4.69) is 21.6 Å². The molecule has 1 aliphatic rings. The Hall–Kier alpha value is -2.30. The Kier molecular flexibility index (Phi) is 5.11. The zero-order chi connectivity index (χ0) is 18.0. The van der Waals surface area contributed by atoms with Gasteiger partial charge in [-0.25, -0.2) is 4.79 Å². The number of aromatic nitrogens is 1. The van der Waals surface area contributed by atoms with Gasteiger partial charge in [0.15, 0.2) is 0 Å². The fourth-order valence-corrected chi connectivity index (χ4v) is 4.42. The average molecular weight is 358 g/mol. The van der Waals surface area contributed by atoms with Crippen LogP contribution in [0.2, 0.25) is 0 Å². The van der Waals surface area contributed by atoms with Crippen LogP contribution < -0.4 is 5.73 Å². The number of aryl methyl sites for hydroxylation is 1. The predicted molar refractivity (Wildman–Crippen MR) is 97.2 cm³/mol. The van der Waals surface area contributed by atoms with E-state index in [1.165, 1.54) is 5.69 Å². The molecular weight excluding hydrogens is 336 g/mol.